The predicted molar refractivity (Wildman–Crippen MR) is 62.7 cm³/mol. The first-order valence-electron chi connectivity index (χ1n) is 5.72. The van der Waals surface area contributed by atoms with Crippen molar-refractivity contribution in [2.24, 2.45) is 5.41 Å². The molecule has 0 aliphatic carbocycles. The quantitative estimate of drug-likeness (QED) is 0.655. The van der Waals surface area contributed by atoms with Crippen molar-refractivity contribution >= 4 is 0 Å². The third-order valence-electron chi connectivity index (χ3n) is 2.51. The van der Waals surface area contributed by atoms with Crippen LogP contribution in [0.2, 0.25) is 0 Å². The van der Waals surface area contributed by atoms with Crippen LogP contribution in [0.1, 0.15) is 41.0 Å². The molecule has 0 N–H and O–H groups in total. The van der Waals surface area contributed by atoms with E-state index in [-0.39, 0.29) is 5.41 Å². The minimum absolute atomic E-state index is 0.235. The number of ether oxygens (including phenoxy) is 1. The largest absolute Gasteiger partial charge is 0.376 e. The van der Waals surface area contributed by atoms with Gasteiger partial charge in [-0.2, -0.15) is 0 Å². The Hall–Kier alpha value is -0.0800. The monoisotopic (exact) mass is 201 g/mol. The molecule has 0 heterocycles. The van der Waals surface area contributed by atoms with Gasteiger partial charge >= 0.3 is 0 Å². The van der Waals surface area contributed by atoms with Gasteiger partial charge in [-0.1, -0.05) is 34.6 Å². The molecule has 2 heteroatoms. The second-order valence-corrected chi connectivity index (χ2v) is 5.08. The molecule has 0 aromatic heterocycles. The molecule has 0 aromatic carbocycles. The summed E-state index contributed by atoms with van der Waals surface area (Å²) in [7, 11) is 2.15. The maximum absolute atomic E-state index is 5.89. The molecule has 14 heavy (non-hydrogen) atoms. The average molecular weight is 201 g/mol. The first kappa shape index (κ1) is 13.9. The Labute approximate surface area is 89.6 Å². The van der Waals surface area contributed by atoms with Crippen LogP contribution in [0.3, 0.4) is 0 Å². The van der Waals surface area contributed by atoms with Crippen molar-refractivity contribution in [3.63, 3.8) is 0 Å². The van der Waals surface area contributed by atoms with E-state index in [0.717, 1.165) is 26.1 Å². The van der Waals surface area contributed by atoms with Crippen molar-refractivity contribution in [3.8, 4) is 0 Å². The van der Waals surface area contributed by atoms with Crippen molar-refractivity contribution in [1.29, 1.82) is 0 Å². The fraction of sp³-hybridized carbons (Fsp3) is 1.00. The van der Waals surface area contributed by atoms with Crippen LogP contribution in [0.25, 0.3) is 0 Å². The Kier molecular flexibility index (Phi) is 6.38. The zero-order valence-corrected chi connectivity index (χ0v) is 10.8. The Bertz CT molecular complexity index is 140. The summed E-state index contributed by atoms with van der Waals surface area (Å²) in [5, 5.41) is 0. The highest BCUT2D eigenvalue weighted by Gasteiger charge is 2.25. The summed E-state index contributed by atoms with van der Waals surface area (Å²) in [6.45, 7) is 14.1. The lowest BCUT2D eigenvalue weighted by atomic mass is 9.88. The Morgan fingerprint density at radius 3 is 2.14 bits per heavy atom. The van der Waals surface area contributed by atoms with E-state index in [4.69, 9.17) is 4.74 Å². The molecular formula is C12H27NO. The lowest BCUT2D eigenvalue weighted by molar-refractivity contribution is -0.0331. The SMILES string of the molecule is CCCOC(CN(C)CC)C(C)(C)C. The number of nitrogens with zero attached hydrogens (tertiary/aromatic N) is 1. The van der Waals surface area contributed by atoms with Gasteiger partial charge in [0.05, 0.1) is 6.10 Å². The van der Waals surface area contributed by atoms with Gasteiger partial charge in [0.1, 0.15) is 0 Å². The number of hydrogen-bond donors (Lipinski definition) is 0. The fourth-order valence-corrected chi connectivity index (χ4v) is 1.25. The molecular weight excluding hydrogens is 174 g/mol. The van der Waals surface area contributed by atoms with E-state index in [1.165, 1.54) is 0 Å². The molecule has 0 amide bonds. The zero-order valence-electron chi connectivity index (χ0n) is 10.8. The lowest BCUT2D eigenvalue weighted by Crippen LogP contribution is -2.40. The Balaban J connectivity index is 4.11. The van der Waals surface area contributed by atoms with Crippen LogP contribution in [0.15, 0.2) is 0 Å². The van der Waals surface area contributed by atoms with Gasteiger partial charge < -0.3 is 9.64 Å². The molecule has 0 saturated heterocycles. The van der Waals surface area contributed by atoms with Gasteiger partial charge in [-0.05, 0) is 25.4 Å². The van der Waals surface area contributed by atoms with E-state index in [9.17, 15) is 0 Å². The van der Waals surface area contributed by atoms with Crippen molar-refractivity contribution < 1.29 is 4.74 Å². The molecule has 0 rings (SSSR count). The maximum Gasteiger partial charge on any atom is 0.0749 e. The second kappa shape index (κ2) is 6.41. The smallest absolute Gasteiger partial charge is 0.0749 e. The standard InChI is InChI=1S/C12H27NO/c1-7-9-14-11(12(3,4)5)10-13(6)8-2/h11H,7-10H2,1-6H3. The van der Waals surface area contributed by atoms with Gasteiger partial charge in [-0.15, -0.1) is 0 Å². The third kappa shape index (κ3) is 5.61. The Morgan fingerprint density at radius 2 is 1.79 bits per heavy atom. The molecule has 0 spiro atoms. The van der Waals surface area contributed by atoms with Crippen molar-refractivity contribution in [2.45, 2.75) is 47.1 Å². The summed E-state index contributed by atoms with van der Waals surface area (Å²) in [6, 6.07) is 0. The molecule has 1 unspecified atom stereocenters. The summed E-state index contributed by atoms with van der Waals surface area (Å²) in [5.74, 6) is 0. The van der Waals surface area contributed by atoms with Crippen LogP contribution < -0.4 is 0 Å². The summed E-state index contributed by atoms with van der Waals surface area (Å²) in [6.07, 6.45) is 1.44. The van der Waals surface area contributed by atoms with Crippen LogP contribution in [-0.4, -0.2) is 37.7 Å². The molecule has 86 valence electrons. The van der Waals surface area contributed by atoms with E-state index in [0.29, 0.717) is 6.10 Å². The van der Waals surface area contributed by atoms with Crippen molar-refractivity contribution in [2.75, 3.05) is 26.7 Å². The summed E-state index contributed by atoms with van der Waals surface area (Å²) in [5.41, 5.74) is 0.235. The molecule has 0 bridgehead atoms. The molecule has 0 saturated carbocycles. The topological polar surface area (TPSA) is 12.5 Å². The summed E-state index contributed by atoms with van der Waals surface area (Å²) in [4.78, 5) is 2.31. The van der Waals surface area contributed by atoms with Crippen LogP contribution in [-0.2, 0) is 4.74 Å². The normalized spacial score (nSPS) is 14.8. The first-order valence-corrected chi connectivity index (χ1v) is 5.72. The van der Waals surface area contributed by atoms with Gasteiger partial charge in [0.15, 0.2) is 0 Å². The molecule has 2 nitrogen and oxygen atoms in total. The highest BCUT2D eigenvalue weighted by atomic mass is 16.5. The minimum atomic E-state index is 0.235. The summed E-state index contributed by atoms with van der Waals surface area (Å²) >= 11 is 0. The van der Waals surface area contributed by atoms with Gasteiger partial charge in [0, 0.05) is 13.2 Å². The zero-order chi connectivity index (χ0) is 11.2. The predicted octanol–water partition coefficient (Wildman–Crippen LogP) is 2.78. The third-order valence-corrected chi connectivity index (χ3v) is 2.51. The average Bonchev–Trinajstić information content (AvgIpc) is 2.09. The number of likely N-dealkylation sites (N-methyl/N-ethyl adjacent to an activating group) is 1. The number of hydrogen-bond acceptors (Lipinski definition) is 2. The van der Waals surface area contributed by atoms with Crippen LogP contribution in [0.4, 0.5) is 0 Å². The molecule has 0 aliphatic rings. The molecule has 0 radical (unpaired) electrons. The van der Waals surface area contributed by atoms with Gasteiger partial charge in [0.2, 0.25) is 0 Å². The van der Waals surface area contributed by atoms with Gasteiger partial charge in [-0.25, -0.2) is 0 Å². The molecule has 1 atom stereocenters. The lowest BCUT2D eigenvalue weighted by Gasteiger charge is -2.33. The van der Waals surface area contributed by atoms with Crippen LogP contribution in [0, 0.1) is 5.41 Å². The highest BCUT2D eigenvalue weighted by Crippen LogP contribution is 2.23. The minimum Gasteiger partial charge on any atom is -0.376 e. The van der Waals surface area contributed by atoms with Crippen LogP contribution in [0.5, 0.6) is 0 Å². The Morgan fingerprint density at radius 1 is 1.21 bits per heavy atom. The van der Waals surface area contributed by atoms with Gasteiger partial charge in [-0.3, -0.25) is 0 Å². The maximum atomic E-state index is 5.89. The van der Waals surface area contributed by atoms with E-state index in [1.54, 1.807) is 0 Å². The summed E-state index contributed by atoms with van der Waals surface area (Å²) < 4.78 is 5.89. The van der Waals surface area contributed by atoms with Crippen molar-refractivity contribution in [3.05, 3.63) is 0 Å². The van der Waals surface area contributed by atoms with E-state index < -0.39 is 0 Å². The van der Waals surface area contributed by atoms with E-state index >= 15 is 0 Å². The van der Waals surface area contributed by atoms with E-state index in [2.05, 4.69) is 46.6 Å². The second-order valence-electron chi connectivity index (χ2n) is 5.08. The van der Waals surface area contributed by atoms with Crippen molar-refractivity contribution in [1.82, 2.24) is 4.90 Å². The molecule has 0 aromatic rings. The first-order chi connectivity index (χ1) is 6.41. The van der Waals surface area contributed by atoms with E-state index in [1.807, 2.05) is 0 Å². The number of rotatable bonds is 6. The fourth-order valence-electron chi connectivity index (χ4n) is 1.25. The highest BCUT2D eigenvalue weighted by molar-refractivity contribution is 4.77. The van der Waals surface area contributed by atoms with Gasteiger partial charge in [0.25, 0.3) is 0 Å². The molecule has 0 fully saturated rings. The van der Waals surface area contributed by atoms with Crippen LogP contribution >= 0.6 is 0 Å². The molecule has 0 aliphatic heterocycles.